The van der Waals surface area contributed by atoms with Crippen LogP contribution in [0.5, 0.6) is 0 Å². The summed E-state index contributed by atoms with van der Waals surface area (Å²) in [6, 6.07) is 5.24. The molecule has 0 radical (unpaired) electrons. The molecule has 3 aromatic rings. The van der Waals surface area contributed by atoms with Gasteiger partial charge in [0.1, 0.15) is 16.8 Å². The van der Waals surface area contributed by atoms with Crippen LogP contribution in [0.4, 0.5) is 0 Å². The Morgan fingerprint density at radius 1 is 1.34 bits per heavy atom. The van der Waals surface area contributed by atoms with Crippen molar-refractivity contribution in [2.24, 2.45) is 5.92 Å². The Hall–Kier alpha value is -3.22. The Bertz CT molecular complexity index is 1250. The van der Waals surface area contributed by atoms with Gasteiger partial charge in [0.15, 0.2) is 0 Å². The maximum absolute atomic E-state index is 13.2. The van der Waals surface area contributed by atoms with Gasteiger partial charge in [-0.05, 0) is 43.4 Å². The lowest BCUT2D eigenvalue weighted by atomic mass is 9.98. The average Bonchev–Trinajstić information content (AvgIpc) is 2.71. The molecule has 29 heavy (non-hydrogen) atoms. The molecule has 4 rings (SSSR count). The second-order valence-electron chi connectivity index (χ2n) is 7.82. The van der Waals surface area contributed by atoms with E-state index in [2.05, 4.69) is 18.5 Å². The van der Waals surface area contributed by atoms with E-state index >= 15 is 0 Å². The molecule has 3 aromatic heterocycles. The molecule has 1 N–H and O–H groups in total. The molecule has 0 saturated carbocycles. The van der Waals surface area contributed by atoms with Crippen molar-refractivity contribution in [1.82, 2.24) is 18.9 Å². The topological polar surface area (TPSA) is 83.5 Å². The Morgan fingerprint density at radius 3 is 2.76 bits per heavy atom. The van der Waals surface area contributed by atoms with Crippen molar-refractivity contribution in [3.8, 4) is 0 Å². The van der Waals surface area contributed by atoms with Gasteiger partial charge in [-0.1, -0.05) is 19.1 Å². The lowest BCUT2D eigenvalue weighted by Gasteiger charge is -2.30. The van der Waals surface area contributed by atoms with Gasteiger partial charge in [-0.2, -0.15) is 0 Å². The summed E-state index contributed by atoms with van der Waals surface area (Å²) in [5, 5.41) is 9.00. The molecule has 150 valence electrons. The molecule has 1 amide bonds. The van der Waals surface area contributed by atoms with Crippen LogP contribution in [-0.2, 0) is 6.54 Å². The van der Waals surface area contributed by atoms with Crippen LogP contribution in [0.15, 0.2) is 41.8 Å². The summed E-state index contributed by atoms with van der Waals surface area (Å²) in [6.45, 7) is 9.49. The number of fused-ring (bicyclic) bond motifs is 2. The molecule has 1 fully saturated rings. The number of aryl methyl sites for hydroxylation is 1. The highest BCUT2D eigenvalue weighted by Crippen LogP contribution is 2.19. The SMILES string of the molecule is C=CCn1c(=N)c(C(=O)N2CCC(C)CC2)cc2c(=O)n3cccc(C)c3nc21. The summed E-state index contributed by atoms with van der Waals surface area (Å²) in [6.07, 6.45) is 5.23. The van der Waals surface area contributed by atoms with Gasteiger partial charge >= 0.3 is 0 Å². The fraction of sp³-hybridized carbons (Fsp3) is 0.364. The Balaban J connectivity index is 1.98. The maximum Gasteiger partial charge on any atom is 0.267 e. The first kappa shape index (κ1) is 19.1. The number of pyridine rings is 2. The molecule has 0 aromatic carbocycles. The van der Waals surface area contributed by atoms with Crippen LogP contribution in [0.25, 0.3) is 16.7 Å². The third-order valence-corrected chi connectivity index (χ3v) is 5.75. The first-order chi connectivity index (χ1) is 13.9. The van der Waals surface area contributed by atoms with Crippen molar-refractivity contribution in [1.29, 1.82) is 5.41 Å². The smallest absolute Gasteiger partial charge is 0.267 e. The molecule has 1 aliphatic rings. The zero-order valence-electron chi connectivity index (χ0n) is 16.8. The standard InChI is InChI=1S/C22H25N5O2/c1-4-9-26-18(23)16(21(28)25-11-7-14(2)8-12-25)13-17-20(26)24-19-15(3)6-5-10-27(19)22(17)29/h4-6,10,13-14,23H,1,7-9,11-12H2,2-3H3. The first-order valence-corrected chi connectivity index (χ1v) is 9.92. The second kappa shape index (κ2) is 7.31. The van der Waals surface area contributed by atoms with E-state index in [0.717, 1.165) is 18.4 Å². The Morgan fingerprint density at radius 2 is 2.07 bits per heavy atom. The zero-order valence-corrected chi connectivity index (χ0v) is 16.8. The van der Waals surface area contributed by atoms with Crippen molar-refractivity contribution < 1.29 is 4.79 Å². The van der Waals surface area contributed by atoms with Crippen molar-refractivity contribution in [2.45, 2.75) is 33.2 Å². The van der Waals surface area contributed by atoms with E-state index in [9.17, 15) is 9.59 Å². The number of amides is 1. The highest BCUT2D eigenvalue weighted by atomic mass is 16.2. The van der Waals surface area contributed by atoms with Gasteiger partial charge < -0.3 is 9.47 Å². The van der Waals surface area contributed by atoms with Gasteiger partial charge in [-0.3, -0.25) is 19.4 Å². The van der Waals surface area contributed by atoms with Crippen LogP contribution in [-0.4, -0.2) is 37.8 Å². The molecule has 7 nitrogen and oxygen atoms in total. The predicted octanol–water partition coefficient (Wildman–Crippen LogP) is 2.50. The van der Waals surface area contributed by atoms with Gasteiger partial charge in [0.25, 0.3) is 11.5 Å². The highest BCUT2D eigenvalue weighted by Gasteiger charge is 2.24. The van der Waals surface area contributed by atoms with Gasteiger partial charge in [-0.25, -0.2) is 4.98 Å². The minimum absolute atomic E-state index is 0.0610. The number of allylic oxidation sites excluding steroid dienone is 1. The largest absolute Gasteiger partial charge is 0.339 e. The first-order valence-electron chi connectivity index (χ1n) is 9.92. The number of nitrogens with one attached hydrogen (secondary N) is 1. The summed E-state index contributed by atoms with van der Waals surface area (Å²) in [4.78, 5) is 32.9. The van der Waals surface area contributed by atoms with E-state index < -0.39 is 0 Å². The van der Waals surface area contributed by atoms with Crippen LogP contribution in [0.2, 0.25) is 0 Å². The van der Waals surface area contributed by atoms with E-state index in [4.69, 9.17) is 5.41 Å². The fourth-order valence-electron chi connectivity index (χ4n) is 3.95. The Labute approximate surface area is 168 Å². The molecular formula is C22H25N5O2. The number of nitrogens with zero attached hydrogens (tertiary/aromatic N) is 4. The minimum atomic E-state index is -0.243. The number of carbonyl (C=O) groups excluding carboxylic acids is 1. The molecule has 4 heterocycles. The number of piperidine rings is 1. The predicted molar refractivity (Wildman–Crippen MR) is 112 cm³/mol. The lowest BCUT2D eigenvalue weighted by molar-refractivity contribution is 0.0694. The van der Waals surface area contributed by atoms with Crippen molar-refractivity contribution in [3.63, 3.8) is 0 Å². The number of rotatable bonds is 3. The summed E-state index contributed by atoms with van der Waals surface area (Å²) in [5.41, 5.74) is 1.87. The van der Waals surface area contributed by atoms with Gasteiger partial charge in [0.05, 0.1) is 10.9 Å². The van der Waals surface area contributed by atoms with E-state index in [0.29, 0.717) is 42.2 Å². The summed E-state index contributed by atoms with van der Waals surface area (Å²) >= 11 is 0. The Kier molecular flexibility index (Phi) is 4.82. The van der Waals surface area contributed by atoms with Crippen LogP contribution >= 0.6 is 0 Å². The molecule has 7 heteroatoms. The molecule has 0 bridgehead atoms. The van der Waals surface area contributed by atoms with Gasteiger partial charge in [0.2, 0.25) is 0 Å². The minimum Gasteiger partial charge on any atom is -0.339 e. The fourth-order valence-corrected chi connectivity index (χ4v) is 3.95. The summed E-state index contributed by atoms with van der Waals surface area (Å²) in [5.74, 6) is 0.399. The quantitative estimate of drug-likeness (QED) is 0.550. The summed E-state index contributed by atoms with van der Waals surface area (Å²) < 4.78 is 3.09. The zero-order chi connectivity index (χ0) is 20.7. The molecule has 1 aliphatic heterocycles. The van der Waals surface area contributed by atoms with E-state index in [1.807, 2.05) is 13.0 Å². The maximum atomic E-state index is 13.2. The molecule has 1 saturated heterocycles. The van der Waals surface area contributed by atoms with Gasteiger partial charge in [0, 0.05) is 25.8 Å². The molecule has 0 spiro atoms. The number of aromatic nitrogens is 3. The van der Waals surface area contributed by atoms with Crippen LogP contribution < -0.4 is 11.0 Å². The monoisotopic (exact) mass is 391 g/mol. The van der Waals surface area contributed by atoms with Crippen LogP contribution in [0.3, 0.4) is 0 Å². The highest BCUT2D eigenvalue weighted by molar-refractivity contribution is 5.97. The molecule has 0 atom stereocenters. The molecule has 0 aliphatic carbocycles. The van der Waals surface area contributed by atoms with E-state index in [1.54, 1.807) is 33.9 Å². The van der Waals surface area contributed by atoms with E-state index in [1.165, 1.54) is 4.40 Å². The number of hydrogen-bond acceptors (Lipinski definition) is 4. The molecular weight excluding hydrogens is 366 g/mol. The lowest BCUT2D eigenvalue weighted by Crippen LogP contribution is -2.41. The van der Waals surface area contributed by atoms with Crippen LogP contribution in [0.1, 0.15) is 35.7 Å². The number of hydrogen-bond donors (Lipinski definition) is 1. The third-order valence-electron chi connectivity index (χ3n) is 5.75. The second-order valence-corrected chi connectivity index (χ2v) is 7.82. The van der Waals surface area contributed by atoms with Gasteiger partial charge in [-0.15, -0.1) is 6.58 Å². The third kappa shape index (κ3) is 3.16. The number of carbonyl (C=O) groups is 1. The number of likely N-dealkylation sites (tertiary alicyclic amines) is 1. The van der Waals surface area contributed by atoms with Crippen molar-refractivity contribution >= 4 is 22.6 Å². The van der Waals surface area contributed by atoms with Crippen LogP contribution in [0, 0.1) is 18.3 Å². The normalized spacial score (nSPS) is 15.2. The van der Waals surface area contributed by atoms with Crippen molar-refractivity contribution in [3.05, 3.63) is 64.0 Å². The van der Waals surface area contributed by atoms with Crippen molar-refractivity contribution in [2.75, 3.05) is 13.1 Å². The summed E-state index contributed by atoms with van der Waals surface area (Å²) in [7, 11) is 0. The van der Waals surface area contributed by atoms with E-state index in [-0.39, 0.29) is 22.5 Å². The average molecular weight is 391 g/mol. The molecule has 0 unspecified atom stereocenters.